The number of aromatic nitrogens is 3. The Morgan fingerprint density at radius 1 is 1.12 bits per heavy atom. The third-order valence-corrected chi connectivity index (χ3v) is 4.85. The minimum Gasteiger partial charge on any atom is -0.366 e. The van der Waals surface area contributed by atoms with E-state index in [2.05, 4.69) is 22.3 Å². The molecule has 0 unspecified atom stereocenters. The number of benzene rings is 1. The average molecular weight is 326 g/mol. The van der Waals surface area contributed by atoms with E-state index in [1.807, 2.05) is 27.7 Å². The van der Waals surface area contributed by atoms with Gasteiger partial charge in [-0.25, -0.2) is 0 Å². The lowest BCUT2D eigenvalue weighted by atomic mass is 10.0. The van der Waals surface area contributed by atoms with Gasteiger partial charge in [0.25, 0.3) is 0 Å². The van der Waals surface area contributed by atoms with Crippen molar-refractivity contribution >= 4 is 5.91 Å². The van der Waals surface area contributed by atoms with Crippen LogP contribution >= 0.6 is 0 Å². The van der Waals surface area contributed by atoms with Gasteiger partial charge in [0.2, 0.25) is 5.91 Å². The number of amides is 1. The lowest BCUT2D eigenvalue weighted by molar-refractivity contribution is -0.148. The number of hydrogen-bond donors (Lipinski definition) is 0. The summed E-state index contributed by atoms with van der Waals surface area (Å²) in [5.74, 6) is 0.795. The Bertz CT molecular complexity index is 670. The maximum atomic E-state index is 12.7. The summed E-state index contributed by atoms with van der Waals surface area (Å²) in [6, 6.07) is 10.2. The Kier molecular flexibility index (Phi) is 4.30. The molecule has 2 aromatic rings. The van der Waals surface area contributed by atoms with Crippen LogP contribution in [0.1, 0.15) is 30.9 Å². The average Bonchev–Trinajstić information content (AvgIpc) is 3.36. The molecule has 4 rings (SSSR count). The summed E-state index contributed by atoms with van der Waals surface area (Å²) in [6.07, 6.45) is 6.34. The fourth-order valence-corrected chi connectivity index (χ4v) is 3.29. The van der Waals surface area contributed by atoms with Gasteiger partial charge in [-0.15, -0.1) is 10.2 Å². The van der Waals surface area contributed by atoms with Crippen LogP contribution in [-0.2, 0) is 16.1 Å². The van der Waals surface area contributed by atoms with Crippen LogP contribution in [0.15, 0.2) is 43.0 Å². The van der Waals surface area contributed by atoms with E-state index in [1.54, 1.807) is 12.7 Å². The van der Waals surface area contributed by atoms with Crippen LogP contribution in [-0.4, -0.2) is 44.8 Å². The van der Waals surface area contributed by atoms with Crippen molar-refractivity contribution in [1.29, 1.82) is 0 Å². The van der Waals surface area contributed by atoms with Gasteiger partial charge in [0.1, 0.15) is 18.8 Å². The molecular formula is C18H22N4O2. The largest absolute Gasteiger partial charge is 0.366 e. The first-order chi connectivity index (χ1) is 11.8. The number of ether oxygens (including phenoxy) is 1. The molecule has 24 heavy (non-hydrogen) atoms. The molecule has 1 aromatic heterocycles. The third-order valence-electron chi connectivity index (χ3n) is 4.85. The third kappa shape index (κ3) is 3.48. The zero-order chi connectivity index (χ0) is 16.4. The highest BCUT2D eigenvalue weighted by Gasteiger charge is 2.39. The van der Waals surface area contributed by atoms with Crippen molar-refractivity contribution in [3.05, 3.63) is 48.5 Å². The number of rotatable bonds is 5. The second kappa shape index (κ2) is 6.73. The first-order valence-corrected chi connectivity index (χ1v) is 8.60. The zero-order valence-electron chi connectivity index (χ0n) is 13.6. The SMILES string of the molecule is O=C(CCn1cnnc1)N1C[C@@H](c2ccccc2)O[C@@H](C2CC2)C1. The summed E-state index contributed by atoms with van der Waals surface area (Å²) in [7, 11) is 0. The molecule has 1 aromatic carbocycles. The van der Waals surface area contributed by atoms with Crippen molar-refractivity contribution in [2.24, 2.45) is 5.92 Å². The molecule has 0 spiro atoms. The molecule has 6 heteroatoms. The molecule has 2 fully saturated rings. The maximum absolute atomic E-state index is 12.7. The van der Waals surface area contributed by atoms with Gasteiger partial charge in [-0.2, -0.15) is 0 Å². The topological polar surface area (TPSA) is 60.2 Å². The Hall–Kier alpha value is -2.21. The summed E-state index contributed by atoms with van der Waals surface area (Å²) in [5.41, 5.74) is 1.15. The van der Waals surface area contributed by atoms with E-state index in [0.29, 0.717) is 25.4 Å². The summed E-state index contributed by atoms with van der Waals surface area (Å²) < 4.78 is 8.15. The van der Waals surface area contributed by atoms with E-state index in [1.165, 1.54) is 12.8 Å². The second-order valence-corrected chi connectivity index (χ2v) is 6.66. The molecule has 1 saturated heterocycles. The highest BCUT2D eigenvalue weighted by atomic mass is 16.5. The normalized spacial score (nSPS) is 24.1. The molecule has 0 radical (unpaired) electrons. The highest BCUT2D eigenvalue weighted by Crippen LogP contribution is 2.39. The van der Waals surface area contributed by atoms with E-state index in [4.69, 9.17) is 4.74 Å². The molecule has 1 saturated carbocycles. The number of hydrogen-bond acceptors (Lipinski definition) is 4. The minimum atomic E-state index is -0.0237. The number of nitrogens with zero attached hydrogens (tertiary/aromatic N) is 4. The van der Waals surface area contributed by atoms with E-state index in [0.717, 1.165) is 12.1 Å². The van der Waals surface area contributed by atoms with Crippen molar-refractivity contribution in [1.82, 2.24) is 19.7 Å². The molecule has 0 N–H and O–H groups in total. The smallest absolute Gasteiger partial charge is 0.224 e. The van der Waals surface area contributed by atoms with Gasteiger partial charge in [0.05, 0.1) is 12.6 Å². The number of aryl methyl sites for hydroxylation is 1. The number of carbonyl (C=O) groups is 1. The van der Waals surface area contributed by atoms with Crippen LogP contribution in [0.4, 0.5) is 0 Å². The van der Waals surface area contributed by atoms with Gasteiger partial charge in [0.15, 0.2) is 0 Å². The Morgan fingerprint density at radius 3 is 2.58 bits per heavy atom. The summed E-state index contributed by atoms with van der Waals surface area (Å²) in [4.78, 5) is 14.7. The molecule has 0 bridgehead atoms. The van der Waals surface area contributed by atoms with Crippen LogP contribution < -0.4 is 0 Å². The van der Waals surface area contributed by atoms with Crippen molar-refractivity contribution in [3.8, 4) is 0 Å². The fourth-order valence-electron chi connectivity index (χ4n) is 3.29. The van der Waals surface area contributed by atoms with Gasteiger partial charge >= 0.3 is 0 Å². The molecule has 1 aliphatic carbocycles. The van der Waals surface area contributed by atoms with E-state index in [-0.39, 0.29) is 18.1 Å². The van der Waals surface area contributed by atoms with E-state index in [9.17, 15) is 4.79 Å². The molecular weight excluding hydrogens is 304 g/mol. The van der Waals surface area contributed by atoms with Gasteiger partial charge in [0, 0.05) is 19.5 Å². The minimum absolute atomic E-state index is 0.0237. The summed E-state index contributed by atoms with van der Waals surface area (Å²) in [5, 5.41) is 7.55. The van der Waals surface area contributed by atoms with Gasteiger partial charge in [-0.1, -0.05) is 30.3 Å². The van der Waals surface area contributed by atoms with Crippen molar-refractivity contribution in [3.63, 3.8) is 0 Å². The van der Waals surface area contributed by atoms with Crippen LogP contribution in [0, 0.1) is 5.92 Å². The standard InChI is InChI=1S/C18H22N4O2/c23-18(8-9-21-12-19-20-13-21)22-10-16(14-4-2-1-3-5-14)24-17(11-22)15-6-7-15/h1-5,12-13,15-17H,6-11H2/t16-,17+/m0/s1. The van der Waals surface area contributed by atoms with Crippen molar-refractivity contribution in [2.75, 3.05) is 13.1 Å². The summed E-state index contributed by atoms with van der Waals surface area (Å²) in [6.45, 7) is 1.97. The van der Waals surface area contributed by atoms with Crippen LogP contribution in [0.2, 0.25) is 0 Å². The molecule has 126 valence electrons. The number of morpholine rings is 1. The predicted octanol–water partition coefficient (Wildman–Crippen LogP) is 2.05. The Morgan fingerprint density at radius 2 is 1.88 bits per heavy atom. The highest BCUT2D eigenvalue weighted by molar-refractivity contribution is 5.76. The molecule has 1 aliphatic heterocycles. The first-order valence-electron chi connectivity index (χ1n) is 8.60. The van der Waals surface area contributed by atoms with Crippen LogP contribution in [0.25, 0.3) is 0 Å². The van der Waals surface area contributed by atoms with Gasteiger partial charge in [-0.3, -0.25) is 4.79 Å². The lowest BCUT2D eigenvalue weighted by Gasteiger charge is -2.38. The van der Waals surface area contributed by atoms with E-state index < -0.39 is 0 Å². The van der Waals surface area contributed by atoms with Crippen molar-refractivity contribution < 1.29 is 9.53 Å². The van der Waals surface area contributed by atoms with E-state index >= 15 is 0 Å². The fraction of sp³-hybridized carbons (Fsp3) is 0.500. The lowest BCUT2D eigenvalue weighted by Crippen LogP contribution is -2.47. The molecule has 1 amide bonds. The molecule has 2 atom stereocenters. The zero-order valence-corrected chi connectivity index (χ0v) is 13.6. The Balaban J connectivity index is 1.43. The number of carbonyl (C=O) groups excluding carboxylic acids is 1. The van der Waals surface area contributed by atoms with Gasteiger partial charge in [-0.05, 0) is 24.3 Å². The van der Waals surface area contributed by atoms with Gasteiger partial charge < -0.3 is 14.2 Å². The molecule has 2 aliphatic rings. The second-order valence-electron chi connectivity index (χ2n) is 6.66. The van der Waals surface area contributed by atoms with Crippen LogP contribution in [0.5, 0.6) is 0 Å². The molecule has 6 nitrogen and oxygen atoms in total. The monoisotopic (exact) mass is 326 g/mol. The first kappa shape index (κ1) is 15.3. The Labute approximate surface area is 141 Å². The summed E-state index contributed by atoms with van der Waals surface area (Å²) >= 11 is 0. The predicted molar refractivity (Wildman–Crippen MR) is 88.0 cm³/mol. The molecule has 2 heterocycles. The van der Waals surface area contributed by atoms with Crippen LogP contribution in [0.3, 0.4) is 0 Å². The maximum Gasteiger partial charge on any atom is 0.224 e. The quantitative estimate of drug-likeness (QED) is 0.844. The van der Waals surface area contributed by atoms with Crippen molar-refractivity contribution in [2.45, 2.75) is 38.0 Å².